The third-order valence-corrected chi connectivity index (χ3v) is 2.25. The Balaban J connectivity index is 2.56. The highest BCUT2D eigenvalue weighted by molar-refractivity contribution is 5.23. The average Bonchev–Trinajstić information content (AvgIpc) is 2.15. The Morgan fingerprint density at radius 2 is 2.00 bits per heavy atom. The summed E-state index contributed by atoms with van der Waals surface area (Å²) in [5.74, 6) is 0. The van der Waals surface area contributed by atoms with Crippen LogP contribution in [0.2, 0.25) is 0 Å². The van der Waals surface area contributed by atoms with Crippen molar-refractivity contribution in [2.45, 2.75) is 39.2 Å². The first kappa shape index (κ1) is 10.3. The average molecular weight is 178 g/mol. The van der Waals surface area contributed by atoms with Gasteiger partial charge >= 0.3 is 0 Å². The lowest BCUT2D eigenvalue weighted by atomic mass is 10.0. The van der Waals surface area contributed by atoms with Crippen molar-refractivity contribution >= 4 is 0 Å². The van der Waals surface area contributed by atoms with E-state index in [1.54, 1.807) is 0 Å². The van der Waals surface area contributed by atoms with E-state index in [0.29, 0.717) is 0 Å². The summed E-state index contributed by atoms with van der Waals surface area (Å²) in [6.45, 7) is 4.00. The molecule has 1 atom stereocenters. The molecule has 0 radical (unpaired) electrons. The lowest BCUT2D eigenvalue weighted by Gasteiger charge is -2.05. The highest BCUT2D eigenvalue weighted by atomic mass is 16.3. The molecule has 0 fully saturated rings. The summed E-state index contributed by atoms with van der Waals surface area (Å²) in [6, 6.07) is 8.59. The molecule has 0 heterocycles. The molecular weight excluding hydrogens is 160 g/mol. The third kappa shape index (κ3) is 3.60. The van der Waals surface area contributed by atoms with Crippen LogP contribution in [0.5, 0.6) is 0 Å². The minimum absolute atomic E-state index is 0.190. The Kier molecular flexibility index (Phi) is 3.97. The van der Waals surface area contributed by atoms with Gasteiger partial charge in [-0.15, -0.1) is 0 Å². The molecule has 0 aromatic heterocycles. The molecule has 0 aliphatic rings. The molecule has 1 aromatic carbocycles. The van der Waals surface area contributed by atoms with Gasteiger partial charge in [0, 0.05) is 0 Å². The van der Waals surface area contributed by atoms with Crippen molar-refractivity contribution in [1.82, 2.24) is 0 Å². The van der Waals surface area contributed by atoms with Gasteiger partial charge < -0.3 is 5.11 Å². The van der Waals surface area contributed by atoms with Gasteiger partial charge in [0.1, 0.15) is 0 Å². The highest BCUT2D eigenvalue weighted by Crippen LogP contribution is 2.09. The largest absolute Gasteiger partial charge is 0.393 e. The van der Waals surface area contributed by atoms with Crippen molar-refractivity contribution in [1.29, 1.82) is 0 Å². The zero-order valence-electron chi connectivity index (χ0n) is 8.46. The first-order valence-corrected chi connectivity index (χ1v) is 4.98. The lowest BCUT2D eigenvalue weighted by Crippen LogP contribution is -2.01. The molecule has 0 unspecified atom stereocenters. The normalized spacial score (nSPS) is 12.8. The number of rotatable bonds is 4. The fraction of sp³-hybridized carbons (Fsp3) is 0.500. The number of hydrogen-bond donors (Lipinski definition) is 1. The molecular formula is C12H18O. The van der Waals surface area contributed by atoms with Gasteiger partial charge in [0.25, 0.3) is 0 Å². The van der Waals surface area contributed by atoms with E-state index in [2.05, 4.69) is 31.2 Å². The van der Waals surface area contributed by atoms with Crippen molar-refractivity contribution in [3.05, 3.63) is 35.4 Å². The van der Waals surface area contributed by atoms with Crippen LogP contribution in [0.3, 0.4) is 0 Å². The molecule has 0 amide bonds. The Bertz CT molecular complexity index is 253. The fourth-order valence-electron chi connectivity index (χ4n) is 1.38. The van der Waals surface area contributed by atoms with E-state index in [1.807, 2.05) is 6.92 Å². The Morgan fingerprint density at radius 1 is 1.31 bits per heavy atom. The van der Waals surface area contributed by atoms with E-state index >= 15 is 0 Å². The van der Waals surface area contributed by atoms with Crippen molar-refractivity contribution in [3.63, 3.8) is 0 Å². The van der Waals surface area contributed by atoms with Gasteiger partial charge in [-0.05, 0) is 37.3 Å². The molecule has 0 saturated heterocycles. The van der Waals surface area contributed by atoms with E-state index in [-0.39, 0.29) is 6.10 Å². The lowest BCUT2D eigenvalue weighted by molar-refractivity contribution is 0.185. The molecule has 1 N–H and O–H groups in total. The molecule has 1 heteroatoms. The Labute approximate surface area is 80.4 Å². The van der Waals surface area contributed by atoms with Crippen LogP contribution in [-0.2, 0) is 12.8 Å². The van der Waals surface area contributed by atoms with Crippen molar-refractivity contribution in [2.75, 3.05) is 0 Å². The standard InChI is InChI=1S/C12H18O/c1-3-11-5-4-6-12(9-11)8-7-10(2)13/h4-6,9-10,13H,3,7-8H2,1-2H3/t10-/m1/s1. The molecule has 1 aromatic rings. The summed E-state index contributed by atoms with van der Waals surface area (Å²) in [6.07, 6.45) is 2.73. The van der Waals surface area contributed by atoms with Gasteiger partial charge in [0.05, 0.1) is 6.10 Å². The second kappa shape index (κ2) is 5.03. The molecule has 0 bridgehead atoms. The zero-order valence-corrected chi connectivity index (χ0v) is 8.46. The van der Waals surface area contributed by atoms with Gasteiger partial charge in [-0.2, -0.15) is 0 Å². The Hall–Kier alpha value is -0.820. The van der Waals surface area contributed by atoms with E-state index in [4.69, 9.17) is 5.11 Å². The molecule has 72 valence electrons. The predicted octanol–water partition coefficient (Wildman–Crippen LogP) is 2.56. The smallest absolute Gasteiger partial charge is 0.0515 e. The summed E-state index contributed by atoms with van der Waals surface area (Å²) in [4.78, 5) is 0. The maximum absolute atomic E-state index is 9.14. The zero-order chi connectivity index (χ0) is 9.68. The molecule has 0 saturated carbocycles. The summed E-state index contributed by atoms with van der Waals surface area (Å²) in [5, 5.41) is 9.14. The van der Waals surface area contributed by atoms with Crippen LogP contribution in [-0.4, -0.2) is 11.2 Å². The Morgan fingerprint density at radius 3 is 2.62 bits per heavy atom. The number of benzene rings is 1. The fourth-order valence-corrected chi connectivity index (χ4v) is 1.38. The molecule has 0 spiro atoms. The van der Waals surface area contributed by atoms with Gasteiger partial charge in [0.2, 0.25) is 0 Å². The molecule has 1 nitrogen and oxygen atoms in total. The maximum Gasteiger partial charge on any atom is 0.0515 e. The van der Waals surface area contributed by atoms with Crippen molar-refractivity contribution in [3.8, 4) is 0 Å². The first-order chi connectivity index (χ1) is 6.22. The topological polar surface area (TPSA) is 20.2 Å². The molecule has 0 aliphatic carbocycles. The van der Waals surface area contributed by atoms with Crippen LogP contribution in [0.25, 0.3) is 0 Å². The SMILES string of the molecule is CCc1cccc(CC[C@@H](C)O)c1. The van der Waals surface area contributed by atoms with Crippen molar-refractivity contribution < 1.29 is 5.11 Å². The number of aliphatic hydroxyl groups is 1. The monoisotopic (exact) mass is 178 g/mol. The molecule has 0 aliphatic heterocycles. The first-order valence-electron chi connectivity index (χ1n) is 4.98. The quantitative estimate of drug-likeness (QED) is 0.751. The van der Waals surface area contributed by atoms with Crippen molar-refractivity contribution in [2.24, 2.45) is 0 Å². The number of hydrogen-bond acceptors (Lipinski definition) is 1. The summed E-state index contributed by atoms with van der Waals surface area (Å²) in [7, 11) is 0. The van der Waals surface area contributed by atoms with Crippen LogP contribution in [0.15, 0.2) is 24.3 Å². The third-order valence-electron chi connectivity index (χ3n) is 2.25. The van der Waals surface area contributed by atoms with Crippen LogP contribution < -0.4 is 0 Å². The predicted molar refractivity (Wildman–Crippen MR) is 55.8 cm³/mol. The van der Waals surface area contributed by atoms with Crippen LogP contribution in [0.4, 0.5) is 0 Å². The second-order valence-corrected chi connectivity index (χ2v) is 3.56. The van der Waals surface area contributed by atoms with E-state index in [9.17, 15) is 0 Å². The maximum atomic E-state index is 9.14. The van der Waals surface area contributed by atoms with Gasteiger partial charge in [-0.25, -0.2) is 0 Å². The highest BCUT2D eigenvalue weighted by Gasteiger charge is 1.98. The minimum Gasteiger partial charge on any atom is -0.393 e. The second-order valence-electron chi connectivity index (χ2n) is 3.56. The van der Waals surface area contributed by atoms with Gasteiger partial charge in [-0.3, -0.25) is 0 Å². The van der Waals surface area contributed by atoms with Gasteiger partial charge in [0.15, 0.2) is 0 Å². The van der Waals surface area contributed by atoms with E-state index in [0.717, 1.165) is 19.3 Å². The van der Waals surface area contributed by atoms with Crippen LogP contribution in [0, 0.1) is 0 Å². The van der Waals surface area contributed by atoms with Crippen LogP contribution >= 0.6 is 0 Å². The van der Waals surface area contributed by atoms with E-state index in [1.165, 1.54) is 11.1 Å². The molecule has 1 rings (SSSR count). The van der Waals surface area contributed by atoms with E-state index < -0.39 is 0 Å². The summed E-state index contributed by atoms with van der Waals surface area (Å²) < 4.78 is 0. The molecule has 13 heavy (non-hydrogen) atoms. The number of aliphatic hydroxyl groups excluding tert-OH is 1. The summed E-state index contributed by atoms with van der Waals surface area (Å²) in [5.41, 5.74) is 2.71. The van der Waals surface area contributed by atoms with Crippen LogP contribution in [0.1, 0.15) is 31.4 Å². The minimum atomic E-state index is -0.190. The summed E-state index contributed by atoms with van der Waals surface area (Å²) >= 11 is 0. The van der Waals surface area contributed by atoms with Gasteiger partial charge in [-0.1, -0.05) is 31.2 Å². The number of aryl methyl sites for hydroxylation is 2.